The van der Waals surface area contributed by atoms with E-state index in [0.29, 0.717) is 40.9 Å². The Balaban J connectivity index is 1.50. The quantitative estimate of drug-likeness (QED) is 0.246. The lowest BCUT2D eigenvalue weighted by Gasteiger charge is -2.40. The number of aliphatic hydroxyl groups excluding tert-OH is 1. The van der Waals surface area contributed by atoms with Gasteiger partial charge in [0.25, 0.3) is 0 Å². The minimum absolute atomic E-state index is 0.181. The summed E-state index contributed by atoms with van der Waals surface area (Å²) in [6.07, 6.45) is 1.98. The van der Waals surface area contributed by atoms with E-state index in [1.807, 2.05) is 6.92 Å². The standard InChI is InChI=1S/C27H34F4O5S2/c1-2-3-12-35-24-10-11-25(20-9-5-4-8-19(20)24)37(13-6-7-14-37)36-38(33,34)27(30,31)26(28,29)22-16-18-15-21(22)23(32)17-18/h4-5,8-11,18,21-23,32H,2-3,6-7,12-17H2,1H3. The molecule has 3 fully saturated rings. The van der Waals surface area contributed by atoms with Gasteiger partial charge in [0.05, 0.1) is 12.7 Å². The van der Waals surface area contributed by atoms with Gasteiger partial charge in [-0.05, 0) is 67.9 Å². The van der Waals surface area contributed by atoms with Crippen LogP contribution in [0.2, 0.25) is 0 Å². The number of hydrogen-bond acceptors (Lipinski definition) is 5. The number of rotatable bonds is 10. The molecule has 5 nitrogen and oxygen atoms in total. The third kappa shape index (κ3) is 4.51. The molecule has 1 heterocycles. The molecule has 2 aliphatic carbocycles. The summed E-state index contributed by atoms with van der Waals surface area (Å²) in [6.45, 7) is 2.52. The number of hydrogen-bond donors (Lipinski definition) is 1. The van der Waals surface area contributed by atoms with E-state index in [2.05, 4.69) is 0 Å². The van der Waals surface area contributed by atoms with Crippen molar-refractivity contribution in [1.29, 1.82) is 0 Å². The Hall–Kier alpha value is -1.56. The van der Waals surface area contributed by atoms with Gasteiger partial charge in [0.1, 0.15) is 5.75 Å². The third-order valence-electron chi connectivity index (χ3n) is 8.36. The van der Waals surface area contributed by atoms with Crippen LogP contribution in [-0.4, -0.2) is 48.9 Å². The zero-order chi connectivity index (χ0) is 27.3. The van der Waals surface area contributed by atoms with Crippen molar-refractivity contribution < 1.29 is 39.5 Å². The van der Waals surface area contributed by atoms with Crippen LogP contribution in [0.3, 0.4) is 0 Å². The Kier molecular flexibility index (Phi) is 7.46. The largest absolute Gasteiger partial charge is 0.493 e. The van der Waals surface area contributed by atoms with Crippen LogP contribution in [0.15, 0.2) is 41.3 Å². The molecular weight excluding hydrogens is 544 g/mol. The zero-order valence-electron chi connectivity index (χ0n) is 21.3. The van der Waals surface area contributed by atoms with E-state index in [1.165, 1.54) is 0 Å². The first kappa shape index (κ1) is 28.0. The Morgan fingerprint density at radius 2 is 1.68 bits per heavy atom. The van der Waals surface area contributed by atoms with E-state index in [4.69, 9.17) is 8.37 Å². The Bertz CT molecular complexity index is 1280. The molecule has 38 heavy (non-hydrogen) atoms. The second-order valence-electron chi connectivity index (χ2n) is 10.8. The van der Waals surface area contributed by atoms with Gasteiger partial charge in [0, 0.05) is 27.7 Å². The molecule has 2 bridgehead atoms. The summed E-state index contributed by atoms with van der Waals surface area (Å²) in [5.41, 5.74) is 0. The smallest absolute Gasteiger partial charge is 0.432 e. The molecule has 4 atom stereocenters. The predicted molar refractivity (Wildman–Crippen MR) is 139 cm³/mol. The highest BCUT2D eigenvalue weighted by Crippen LogP contribution is 2.67. The zero-order valence-corrected chi connectivity index (χ0v) is 22.9. The molecule has 2 aromatic carbocycles. The van der Waals surface area contributed by atoms with Crippen molar-refractivity contribution in [3.05, 3.63) is 36.4 Å². The topological polar surface area (TPSA) is 72.8 Å². The average molecular weight is 579 g/mol. The highest BCUT2D eigenvalue weighted by Gasteiger charge is 2.73. The van der Waals surface area contributed by atoms with E-state index in [1.54, 1.807) is 36.4 Å². The minimum atomic E-state index is -6.03. The monoisotopic (exact) mass is 578 g/mol. The molecule has 5 rings (SSSR count). The van der Waals surface area contributed by atoms with Crippen LogP contribution in [0.5, 0.6) is 5.75 Å². The molecule has 0 radical (unpaired) electrons. The second kappa shape index (κ2) is 10.1. The van der Waals surface area contributed by atoms with Gasteiger partial charge in [0.15, 0.2) is 0 Å². The first-order valence-electron chi connectivity index (χ1n) is 13.3. The lowest BCUT2D eigenvalue weighted by atomic mass is 9.82. The van der Waals surface area contributed by atoms with Crippen LogP contribution in [0.25, 0.3) is 10.8 Å². The Morgan fingerprint density at radius 1 is 1.00 bits per heavy atom. The number of ether oxygens (including phenoxy) is 1. The number of alkyl halides is 4. The first-order chi connectivity index (χ1) is 17.9. The van der Waals surface area contributed by atoms with E-state index in [-0.39, 0.29) is 36.7 Å². The van der Waals surface area contributed by atoms with Crippen molar-refractivity contribution in [2.75, 3.05) is 18.1 Å². The van der Waals surface area contributed by atoms with E-state index < -0.39 is 49.5 Å². The van der Waals surface area contributed by atoms with Crippen LogP contribution in [0.1, 0.15) is 51.9 Å². The summed E-state index contributed by atoms with van der Waals surface area (Å²) in [7, 11) is -8.90. The third-order valence-corrected chi connectivity index (χ3v) is 14.1. The van der Waals surface area contributed by atoms with Gasteiger partial charge in [0.2, 0.25) is 0 Å². The minimum Gasteiger partial charge on any atom is -0.493 e. The fourth-order valence-electron chi connectivity index (χ4n) is 6.44. The summed E-state index contributed by atoms with van der Waals surface area (Å²) in [5.74, 6) is -7.19. The van der Waals surface area contributed by atoms with Gasteiger partial charge in [-0.3, -0.25) is 0 Å². The number of halogens is 4. The molecule has 0 amide bonds. The molecular formula is C27H34F4O5S2. The molecule has 2 aromatic rings. The van der Waals surface area contributed by atoms with Crippen molar-refractivity contribution >= 4 is 31.2 Å². The van der Waals surface area contributed by atoms with Crippen molar-refractivity contribution in [3.8, 4) is 5.75 Å². The van der Waals surface area contributed by atoms with E-state index >= 15 is 17.6 Å². The lowest BCUT2D eigenvalue weighted by molar-refractivity contribution is -0.208. The Morgan fingerprint density at radius 3 is 2.32 bits per heavy atom. The van der Waals surface area contributed by atoms with Gasteiger partial charge in [-0.15, -0.1) is 0 Å². The maximum atomic E-state index is 15.4. The first-order valence-corrected chi connectivity index (χ1v) is 16.6. The normalized spacial score (nSPS) is 28.2. The summed E-state index contributed by atoms with van der Waals surface area (Å²) < 4.78 is 99.1. The van der Waals surface area contributed by atoms with E-state index in [0.717, 1.165) is 12.8 Å². The summed E-state index contributed by atoms with van der Waals surface area (Å²) in [6, 6.07) is 10.4. The summed E-state index contributed by atoms with van der Waals surface area (Å²) >= 11 is 0. The number of fused-ring (bicyclic) bond motifs is 3. The van der Waals surface area contributed by atoms with Gasteiger partial charge in [-0.2, -0.15) is 26.0 Å². The van der Waals surface area contributed by atoms with Crippen molar-refractivity contribution in [3.63, 3.8) is 0 Å². The fraction of sp³-hybridized carbons (Fsp3) is 0.630. The molecule has 1 aliphatic heterocycles. The highest BCUT2D eigenvalue weighted by atomic mass is 32.3. The molecule has 2 saturated carbocycles. The Labute approximate surface area is 222 Å². The van der Waals surface area contributed by atoms with Crippen LogP contribution < -0.4 is 4.74 Å². The second-order valence-corrected chi connectivity index (χ2v) is 15.7. The van der Waals surface area contributed by atoms with Crippen LogP contribution >= 0.6 is 10.3 Å². The summed E-state index contributed by atoms with van der Waals surface area (Å²) in [5, 5.41) is 5.93. The maximum Gasteiger partial charge on any atom is 0.432 e. The summed E-state index contributed by atoms with van der Waals surface area (Å²) in [4.78, 5) is 0.450. The molecule has 0 aromatic heterocycles. The van der Waals surface area contributed by atoms with Crippen molar-refractivity contribution in [1.82, 2.24) is 0 Å². The predicted octanol–water partition coefficient (Wildman–Crippen LogP) is 6.87. The van der Waals surface area contributed by atoms with Gasteiger partial charge in [-0.1, -0.05) is 47.9 Å². The SMILES string of the molecule is CCCCOc1ccc(S2(OS(=O)(=O)C(F)(F)C(F)(F)C3CC4CC(O)C3C4)CCCC2)c2ccccc12. The van der Waals surface area contributed by atoms with Crippen LogP contribution in [0.4, 0.5) is 17.6 Å². The molecule has 3 aliphatic rings. The van der Waals surface area contributed by atoms with E-state index in [9.17, 15) is 13.5 Å². The van der Waals surface area contributed by atoms with Gasteiger partial charge in [-0.25, -0.2) is 3.63 Å². The van der Waals surface area contributed by atoms with Crippen LogP contribution in [0, 0.1) is 17.8 Å². The molecule has 4 unspecified atom stereocenters. The number of benzene rings is 2. The maximum absolute atomic E-state index is 15.4. The highest BCUT2D eigenvalue weighted by molar-refractivity contribution is 8.33. The average Bonchev–Trinajstić information content (AvgIpc) is 3.60. The van der Waals surface area contributed by atoms with Gasteiger partial charge < -0.3 is 9.84 Å². The van der Waals surface area contributed by atoms with Crippen LogP contribution in [-0.2, 0) is 13.7 Å². The molecule has 1 N–H and O–H groups in total. The van der Waals surface area contributed by atoms with Gasteiger partial charge >= 0.3 is 21.3 Å². The molecule has 11 heteroatoms. The van der Waals surface area contributed by atoms with Crippen molar-refractivity contribution in [2.45, 2.75) is 74.0 Å². The molecule has 1 saturated heterocycles. The molecule has 0 spiro atoms. The lowest BCUT2D eigenvalue weighted by Crippen LogP contribution is -2.54. The number of unbranched alkanes of at least 4 members (excludes halogenated alkanes) is 1. The molecule has 212 valence electrons. The number of aliphatic hydroxyl groups is 1. The van der Waals surface area contributed by atoms with Crippen molar-refractivity contribution in [2.24, 2.45) is 17.8 Å². The fourth-order valence-corrected chi connectivity index (χ4v) is 12.4.